The first-order valence-electron chi connectivity index (χ1n) is 11.3. The largest absolute Gasteiger partial charge is 0.379 e. The number of nitrogens with one attached hydrogen (secondary N) is 1. The number of aromatic nitrogens is 5. The maximum atomic E-state index is 13.5. The second-order valence-corrected chi connectivity index (χ2v) is 8.83. The molecule has 4 heterocycles. The Bertz CT molecular complexity index is 1450. The Morgan fingerprint density at radius 3 is 2.71 bits per heavy atom. The average molecular weight is 477 g/mol. The van der Waals surface area contributed by atoms with Crippen molar-refractivity contribution in [3.63, 3.8) is 0 Å². The molecule has 5 rings (SSSR count). The number of ether oxygens (including phenoxy) is 1. The number of pyridine rings is 1. The van der Waals surface area contributed by atoms with E-state index in [2.05, 4.69) is 25.3 Å². The van der Waals surface area contributed by atoms with Gasteiger partial charge in [-0.05, 0) is 39.3 Å². The fraction of sp³-hybridized carbons (Fsp3) is 0.320. The number of benzene rings is 1. The fourth-order valence-electron chi connectivity index (χ4n) is 4.31. The van der Waals surface area contributed by atoms with Gasteiger partial charge in [0.1, 0.15) is 5.65 Å². The molecule has 34 heavy (non-hydrogen) atoms. The van der Waals surface area contributed by atoms with Crippen molar-refractivity contribution in [3.8, 4) is 22.4 Å². The molecule has 1 N–H and O–H groups in total. The van der Waals surface area contributed by atoms with E-state index in [-0.39, 0.29) is 11.6 Å². The van der Waals surface area contributed by atoms with Crippen LogP contribution in [0.5, 0.6) is 0 Å². The standard InChI is InChI=1S/C25H25ClN6O2/c1-4-32-23-17(12-28-25(31-23)30-18-7-8-34-13-18)9-20(24(32)33)19-6-5-16(10-21(19)26)22-15(3)29-14(2)11-27-22/h5-6,9-12,18H,4,7-8,13H2,1-3H3,(H,28,30,31)/t18-/m1/s1. The van der Waals surface area contributed by atoms with Crippen LogP contribution in [0, 0.1) is 13.8 Å². The third-order valence-electron chi connectivity index (χ3n) is 6.01. The molecule has 1 saturated heterocycles. The van der Waals surface area contributed by atoms with Crippen LogP contribution >= 0.6 is 11.6 Å². The lowest BCUT2D eigenvalue weighted by Gasteiger charge is -2.15. The van der Waals surface area contributed by atoms with E-state index < -0.39 is 0 Å². The Morgan fingerprint density at radius 2 is 2.00 bits per heavy atom. The van der Waals surface area contributed by atoms with Gasteiger partial charge >= 0.3 is 0 Å². The van der Waals surface area contributed by atoms with Gasteiger partial charge in [-0.2, -0.15) is 4.98 Å². The topological polar surface area (TPSA) is 94.8 Å². The predicted molar refractivity (Wildman–Crippen MR) is 133 cm³/mol. The average Bonchev–Trinajstić information content (AvgIpc) is 3.32. The lowest BCUT2D eigenvalue weighted by molar-refractivity contribution is 0.195. The summed E-state index contributed by atoms with van der Waals surface area (Å²) in [5.41, 5.74) is 4.91. The van der Waals surface area contributed by atoms with Crippen LogP contribution < -0.4 is 10.9 Å². The number of hydrogen-bond acceptors (Lipinski definition) is 7. The van der Waals surface area contributed by atoms with E-state index in [0.29, 0.717) is 40.9 Å². The van der Waals surface area contributed by atoms with E-state index in [4.69, 9.17) is 16.3 Å². The Hall–Kier alpha value is -3.36. The smallest absolute Gasteiger partial charge is 0.260 e. The molecule has 0 radical (unpaired) electrons. The van der Waals surface area contributed by atoms with Crippen molar-refractivity contribution in [1.29, 1.82) is 0 Å². The van der Waals surface area contributed by atoms with E-state index in [1.807, 2.05) is 45.0 Å². The summed E-state index contributed by atoms with van der Waals surface area (Å²) in [6.07, 6.45) is 4.38. The highest BCUT2D eigenvalue weighted by molar-refractivity contribution is 6.33. The quantitative estimate of drug-likeness (QED) is 0.456. The van der Waals surface area contributed by atoms with Crippen LogP contribution in [0.2, 0.25) is 5.02 Å². The number of fused-ring (bicyclic) bond motifs is 1. The minimum atomic E-state index is -0.148. The minimum Gasteiger partial charge on any atom is -0.379 e. The summed E-state index contributed by atoms with van der Waals surface area (Å²) in [5, 5.41) is 4.53. The zero-order chi connectivity index (χ0) is 23.8. The van der Waals surface area contributed by atoms with Gasteiger partial charge in [0.15, 0.2) is 0 Å². The zero-order valence-corrected chi connectivity index (χ0v) is 20.1. The molecule has 0 amide bonds. The van der Waals surface area contributed by atoms with Crippen LogP contribution in [-0.2, 0) is 11.3 Å². The molecule has 174 valence electrons. The van der Waals surface area contributed by atoms with Crippen molar-refractivity contribution in [3.05, 3.63) is 63.4 Å². The van der Waals surface area contributed by atoms with Crippen LogP contribution in [-0.4, -0.2) is 43.8 Å². The first kappa shape index (κ1) is 22.4. The third kappa shape index (κ3) is 4.15. The Balaban J connectivity index is 1.56. The summed E-state index contributed by atoms with van der Waals surface area (Å²) in [6.45, 7) is 7.58. The summed E-state index contributed by atoms with van der Waals surface area (Å²) in [5.74, 6) is 0.495. The molecule has 0 spiro atoms. The molecule has 3 aromatic heterocycles. The molecule has 4 aromatic rings. The monoisotopic (exact) mass is 476 g/mol. The fourth-order valence-corrected chi connectivity index (χ4v) is 4.59. The predicted octanol–water partition coefficient (Wildman–Crippen LogP) is 4.41. The molecule has 0 aliphatic carbocycles. The molecule has 1 fully saturated rings. The second-order valence-electron chi connectivity index (χ2n) is 8.42. The van der Waals surface area contributed by atoms with Gasteiger partial charge in [-0.25, -0.2) is 4.98 Å². The highest BCUT2D eigenvalue weighted by Crippen LogP contribution is 2.32. The number of nitrogens with zero attached hydrogens (tertiary/aromatic N) is 5. The number of halogens is 1. The molecule has 0 saturated carbocycles. The highest BCUT2D eigenvalue weighted by atomic mass is 35.5. The second kappa shape index (κ2) is 9.12. The van der Waals surface area contributed by atoms with E-state index in [0.717, 1.165) is 41.1 Å². The van der Waals surface area contributed by atoms with Gasteiger partial charge in [0.2, 0.25) is 5.95 Å². The van der Waals surface area contributed by atoms with Gasteiger partial charge in [-0.3, -0.25) is 19.3 Å². The lowest BCUT2D eigenvalue weighted by Crippen LogP contribution is -2.24. The summed E-state index contributed by atoms with van der Waals surface area (Å²) in [6, 6.07) is 7.59. The van der Waals surface area contributed by atoms with Crippen molar-refractivity contribution in [2.45, 2.75) is 39.8 Å². The zero-order valence-electron chi connectivity index (χ0n) is 19.3. The van der Waals surface area contributed by atoms with Crippen molar-refractivity contribution in [1.82, 2.24) is 24.5 Å². The molecular weight excluding hydrogens is 452 g/mol. The van der Waals surface area contributed by atoms with E-state index in [1.54, 1.807) is 17.0 Å². The number of aryl methyl sites for hydroxylation is 3. The first-order chi connectivity index (χ1) is 16.4. The molecule has 1 aromatic carbocycles. The normalized spacial score (nSPS) is 15.7. The van der Waals surface area contributed by atoms with Gasteiger partial charge < -0.3 is 10.1 Å². The lowest BCUT2D eigenvalue weighted by atomic mass is 10.0. The van der Waals surface area contributed by atoms with Crippen molar-refractivity contribution < 1.29 is 4.74 Å². The molecular formula is C25H25ClN6O2. The number of hydrogen-bond donors (Lipinski definition) is 1. The minimum absolute atomic E-state index is 0.148. The van der Waals surface area contributed by atoms with Crippen molar-refractivity contribution in [2.24, 2.45) is 0 Å². The van der Waals surface area contributed by atoms with Gasteiger partial charge in [-0.15, -0.1) is 0 Å². The molecule has 0 unspecified atom stereocenters. The van der Waals surface area contributed by atoms with Crippen LogP contribution in [0.15, 0.2) is 41.5 Å². The van der Waals surface area contributed by atoms with Gasteiger partial charge in [-0.1, -0.05) is 23.7 Å². The third-order valence-corrected chi connectivity index (χ3v) is 6.32. The highest BCUT2D eigenvalue weighted by Gasteiger charge is 2.19. The van der Waals surface area contributed by atoms with Gasteiger partial charge in [0, 0.05) is 52.6 Å². The van der Waals surface area contributed by atoms with E-state index in [9.17, 15) is 4.79 Å². The van der Waals surface area contributed by atoms with Crippen LogP contribution in [0.3, 0.4) is 0 Å². The molecule has 0 bridgehead atoms. The van der Waals surface area contributed by atoms with Crippen LogP contribution in [0.4, 0.5) is 5.95 Å². The Morgan fingerprint density at radius 1 is 1.15 bits per heavy atom. The summed E-state index contributed by atoms with van der Waals surface area (Å²) in [7, 11) is 0. The SMILES string of the molecule is CCn1c(=O)c(-c2ccc(-c3ncc(C)nc3C)cc2Cl)cc2cnc(N[C@@H]3CCOC3)nc21. The molecule has 1 aliphatic rings. The number of anilines is 1. The van der Waals surface area contributed by atoms with E-state index in [1.165, 1.54) is 0 Å². The van der Waals surface area contributed by atoms with Gasteiger partial charge in [0.25, 0.3) is 5.56 Å². The maximum absolute atomic E-state index is 13.5. The first-order valence-corrected chi connectivity index (χ1v) is 11.7. The Kier molecular flexibility index (Phi) is 6.02. The summed E-state index contributed by atoms with van der Waals surface area (Å²) < 4.78 is 7.07. The molecule has 1 atom stereocenters. The maximum Gasteiger partial charge on any atom is 0.260 e. The van der Waals surface area contributed by atoms with Crippen molar-refractivity contribution in [2.75, 3.05) is 18.5 Å². The summed E-state index contributed by atoms with van der Waals surface area (Å²) >= 11 is 6.69. The van der Waals surface area contributed by atoms with Crippen LogP contribution in [0.25, 0.3) is 33.4 Å². The van der Waals surface area contributed by atoms with Gasteiger partial charge in [0.05, 0.1) is 29.7 Å². The summed E-state index contributed by atoms with van der Waals surface area (Å²) in [4.78, 5) is 31.5. The molecule has 1 aliphatic heterocycles. The molecule has 8 nitrogen and oxygen atoms in total. The van der Waals surface area contributed by atoms with Crippen molar-refractivity contribution >= 4 is 28.6 Å². The van der Waals surface area contributed by atoms with Crippen LogP contribution in [0.1, 0.15) is 24.7 Å². The van der Waals surface area contributed by atoms with E-state index >= 15 is 0 Å². The Labute approximate surface area is 202 Å². The number of rotatable bonds is 5. The molecule has 9 heteroatoms.